The maximum absolute atomic E-state index is 13.0. The maximum Gasteiger partial charge on any atom is 0.263 e. The molecule has 0 unspecified atom stereocenters. The molecule has 2 N–H and O–H groups in total. The van der Waals surface area contributed by atoms with Crippen LogP contribution in [0.3, 0.4) is 0 Å². The van der Waals surface area contributed by atoms with Gasteiger partial charge in [-0.1, -0.05) is 18.2 Å². The van der Waals surface area contributed by atoms with Gasteiger partial charge >= 0.3 is 0 Å². The normalized spacial score (nSPS) is 10.4. The van der Waals surface area contributed by atoms with Crippen molar-refractivity contribution in [3.05, 3.63) is 76.5 Å². The van der Waals surface area contributed by atoms with Crippen molar-refractivity contribution in [3.63, 3.8) is 0 Å². The van der Waals surface area contributed by atoms with Gasteiger partial charge in [0.05, 0.1) is 5.69 Å². The molecule has 1 heterocycles. The highest BCUT2D eigenvalue weighted by Crippen LogP contribution is 2.27. The SMILES string of the molecule is Cc1nc(-c2ccc(F)cc2)sc1C(=O)NCCNC(=O)c1ccccc1. The third-order valence-electron chi connectivity index (χ3n) is 3.83. The molecule has 1 aromatic heterocycles. The first-order chi connectivity index (χ1) is 13.0. The number of nitrogens with zero attached hydrogens (tertiary/aromatic N) is 1. The molecule has 3 aromatic rings. The predicted octanol–water partition coefficient (Wildman–Crippen LogP) is 3.42. The molecule has 2 aromatic carbocycles. The monoisotopic (exact) mass is 383 g/mol. The fourth-order valence-electron chi connectivity index (χ4n) is 2.45. The number of hydrogen-bond donors (Lipinski definition) is 2. The van der Waals surface area contributed by atoms with Crippen LogP contribution in [0.25, 0.3) is 10.6 Å². The van der Waals surface area contributed by atoms with Crippen molar-refractivity contribution < 1.29 is 14.0 Å². The van der Waals surface area contributed by atoms with E-state index in [4.69, 9.17) is 0 Å². The van der Waals surface area contributed by atoms with Crippen LogP contribution < -0.4 is 10.6 Å². The van der Waals surface area contributed by atoms with Crippen LogP contribution in [0.4, 0.5) is 4.39 Å². The molecule has 5 nitrogen and oxygen atoms in total. The third kappa shape index (κ3) is 4.77. The minimum absolute atomic E-state index is 0.183. The van der Waals surface area contributed by atoms with E-state index in [0.29, 0.717) is 34.2 Å². The lowest BCUT2D eigenvalue weighted by Crippen LogP contribution is -2.34. The zero-order chi connectivity index (χ0) is 19.2. The molecule has 0 saturated carbocycles. The molecule has 2 amide bonds. The summed E-state index contributed by atoms with van der Waals surface area (Å²) in [7, 11) is 0. The Kier molecular flexibility index (Phi) is 5.93. The second-order valence-electron chi connectivity index (χ2n) is 5.82. The van der Waals surface area contributed by atoms with Gasteiger partial charge in [-0.25, -0.2) is 9.37 Å². The van der Waals surface area contributed by atoms with Crippen molar-refractivity contribution in [2.75, 3.05) is 13.1 Å². The van der Waals surface area contributed by atoms with Crippen LogP contribution in [0.2, 0.25) is 0 Å². The average molecular weight is 383 g/mol. The predicted molar refractivity (Wildman–Crippen MR) is 103 cm³/mol. The highest BCUT2D eigenvalue weighted by Gasteiger charge is 2.16. The number of amides is 2. The summed E-state index contributed by atoms with van der Waals surface area (Å²) in [4.78, 5) is 29.2. The van der Waals surface area contributed by atoms with Gasteiger partial charge in [-0.3, -0.25) is 9.59 Å². The summed E-state index contributed by atoms with van der Waals surface area (Å²) >= 11 is 1.25. The molecule has 0 saturated heterocycles. The summed E-state index contributed by atoms with van der Waals surface area (Å²) in [6, 6.07) is 14.9. The van der Waals surface area contributed by atoms with Gasteiger partial charge in [-0.2, -0.15) is 0 Å². The molecule has 27 heavy (non-hydrogen) atoms. The van der Waals surface area contributed by atoms with Crippen molar-refractivity contribution in [2.45, 2.75) is 6.92 Å². The molecule has 0 spiro atoms. The molecule has 7 heteroatoms. The van der Waals surface area contributed by atoms with Crippen LogP contribution in [0.5, 0.6) is 0 Å². The van der Waals surface area contributed by atoms with Gasteiger partial charge in [0.2, 0.25) is 0 Å². The Bertz CT molecular complexity index is 940. The van der Waals surface area contributed by atoms with E-state index in [2.05, 4.69) is 15.6 Å². The number of thiazole rings is 1. The number of carbonyl (C=O) groups is 2. The molecule has 0 atom stereocenters. The maximum atomic E-state index is 13.0. The van der Waals surface area contributed by atoms with Gasteiger partial charge in [0.25, 0.3) is 11.8 Å². The molecule has 138 valence electrons. The number of nitrogens with one attached hydrogen (secondary N) is 2. The Labute approximate surface area is 160 Å². The van der Waals surface area contributed by atoms with Gasteiger partial charge in [-0.15, -0.1) is 11.3 Å². The zero-order valence-electron chi connectivity index (χ0n) is 14.7. The minimum Gasteiger partial charge on any atom is -0.350 e. The summed E-state index contributed by atoms with van der Waals surface area (Å²) in [5, 5.41) is 6.19. The minimum atomic E-state index is -0.317. The first-order valence-electron chi connectivity index (χ1n) is 8.39. The second kappa shape index (κ2) is 8.55. The second-order valence-corrected chi connectivity index (χ2v) is 6.82. The van der Waals surface area contributed by atoms with Crippen LogP contribution in [0.1, 0.15) is 25.7 Å². The fraction of sp³-hybridized carbons (Fsp3) is 0.150. The number of carbonyl (C=O) groups excluding carboxylic acids is 2. The molecule has 3 rings (SSSR count). The Morgan fingerprint density at radius 1 is 0.963 bits per heavy atom. The quantitative estimate of drug-likeness (QED) is 0.641. The lowest BCUT2D eigenvalue weighted by molar-refractivity contribution is 0.0929. The molecule has 0 radical (unpaired) electrons. The van der Waals surface area contributed by atoms with E-state index in [0.717, 1.165) is 5.56 Å². The average Bonchev–Trinajstić information content (AvgIpc) is 3.08. The van der Waals surface area contributed by atoms with Gasteiger partial charge in [-0.05, 0) is 43.3 Å². The molecule has 0 aliphatic rings. The largest absolute Gasteiger partial charge is 0.350 e. The lowest BCUT2D eigenvalue weighted by atomic mass is 10.2. The molecule has 0 aliphatic heterocycles. The summed E-state index contributed by atoms with van der Waals surface area (Å²) in [6.07, 6.45) is 0. The van der Waals surface area contributed by atoms with Crippen molar-refractivity contribution >= 4 is 23.2 Å². The van der Waals surface area contributed by atoms with Crippen molar-refractivity contribution in [2.24, 2.45) is 0 Å². The van der Waals surface area contributed by atoms with Gasteiger partial charge < -0.3 is 10.6 Å². The number of aromatic nitrogens is 1. The zero-order valence-corrected chi connectivity index (χ0v) is 15.5. The molecular formula is C20H18FN3O2S. The summed E-state index contributed by atoms with van der Waals surface area (Å²) in [5.74, 6) is -0.743. The van der Waals surface area contributed by atoms with E-state index in [1.54, 1.807) is 43.3 Å². The van der Waals surface area contributed by atoms with Crippen LogP contribution in [0, 0.1) is 12.7 Å². The van der Waals surface area contributed by atoms with Gasteiger partial charge in [0, 0.05) is 24.2 Å². The summed E-state index contributed by atoms with van der Waals surface area (Å²) in [5.41, 5.74) is 1.95. The number of aryl methyl sites for hydroxylation is 1. The number of benzene rings is 2. The smallest absolute Gasteiger partial charge is 0.263 e. The van der Waals surface area contributed by atoms with E-state index >= 15 is 0 Å². The topological polar surface area (TPSA) is 71.1 Å². The van der Waals surface area contributed by atoms with Gasteiger partial charge in [0.1, 0.15) is 15.7 Å². The summed E-state index contributed by atoms with van der Waals surface area (Å²) in [6.45, 7) is 2.39. The van der Waals surface area contributed by atoms with Crippen molar-refractivity contribution in [1.82, 2.24) is 15.6 Å². The fourth-order valence-corrected chi connectivity index (χ4v) is 3.44. The van der Waals surface area contributed by atoms with E-state index in [1.165, 1.54) is 23.5 Å². The van der Waals surface area contributed by atoms with E-state index in [-0.39, 0.29) is 17.6 Å². The van der Waals surface area contributed by atoms with Crippen molar-refractivity contribution in [3.8, 4) is 10.6 Å². The Morgan fingerprint density at radius 3 is 2.26 bits per heavy atom. The van der Waals surface area contributed by atoms with Crippen LogP contribution in [-0.2, 0) is 0 Å². The Balaban J connectivity index is 1.54. The van der Waals surface area contributed by atoms with Crippen LogP contribution in [0.15, 0.2) is 54.6 Å². The third-order valence-corrected chi connectivity index (χ3v) is 5.03. The van der Waals surface area contributed by atoms with Crippen LogP contribution in [-0.4, -0.2) is 29.9 Å². The van der Waals surface area contributed by atoms with E-state index in [9.17, 15) is 14.0 Å². The van der Waals surface area contributed by atoms with E-state index < -0.39 is 0 Å². The Hall–Kier alpha value is -3.06. The number of halogens is 1. The standard InChI is InChI=1S/C20H18FN3O2S/c1-13-17(27-20(24-13)15-7-9-16(21)10-8-15)19(26)23-12-11-22-18(25)14-5-3-2-4-6-14/h2-10H,11-12H2,1H3,(H,22,25)(H,23,26). The highest BCUT2D eigenvalue weighted by atomic mass is 32.1. The first-order valence-corrected chi connectivity index (χ1v) is 9.21. The summed E-state index contributed by atoms with van der Waals surface area (Å²) < 4.78 is 13.0. The highest BCUT2D eigenvalue weighted by molar-refractivity contribution is 7.17. The molecule has 0 fully saturated rings. The number of rotatable bonds is 6. The van der Waals surface area contributed by atoms with E-state index in [1.807, 2.05) is 6.07 Å². The molecule has 0 bridgehead atoms. The lowest BCUT2D eigenvalue weighted by Gasteiger charge is -2.06. The van der Waals surface area contributed by atoms with Crippen molar-refractivity contribution in [1.29, 1.82) is 0 Å². The van der Waals surface area contributed by atoms with Crippen LogP contribution >= 0.6 is 11.3 Å². The molecule has 0 aliphatic carbocycles. The van der Waals surface area contributed by atoms with Gasteiger partial charge in [0.15, 0.2) is 0 Å². The Morgan fingerprint density at radius 2 is 1.59 bits per heavy atom. The first kappa shape index (κ1) is 18.7. The molecular weight excluding hydrogens is 365 g/mol. The number of hydrogen-bond acceptors (Lipinski definition) is 4.